The maximum atomic E-state index is 13.3. The van der Waals surface area contributed by atoms with Gasteiger partial charge in [-0.25, -0.2) is 5.43 Å². The van der Waals surface area contributed by atoms with Crippen LogP contribution in [-0.4, -0.2) is 21.7 Å². The molecule has 0 radical (unpaired) electrons. The van der Waals surface area contributed by atoms with Gasteiger partial charge in [-0.2, -0.15) is 5.10 Å². The molecule has 5 heteroatoms. The van der Waals surface area contributed by atoms with Crippen LogP contribution in [0.4, 0.5) is 0 Å². The number of rotatable bonds is 6. The molecule has 0 bridgehead atoms. The highest BCUT2D eigenvalue weighted by Crippen LogP contribution is 2.30. The number of aliphatic hydroxyl groups is 1. The molecule has 1 heterocycles. The normalized spacial score (nSPS) is 11.7. The van der Waals surface area contributed by atoms with E-state index < -0.39 is 11.5 Å². The fraction of sp³-hybridized carbons (Fsp3) is 0.0385. The largest absolute Gasteiger partial charge is 0.372 e. The minimum atomic E-state index is -1.90. The Labute approximate surface area is 180 Å². The van der Waals surface area contributed by atoms with Gasteiger partial charge in [0.05, 0.1) is 5.69 Å². The summed E-state index contributed by atoms with van der Waals surface area (Å²) >= 11 is 0. The molecule has 0 saturated carbocycles. The first kappa shape index (κ1) is 20.2. The van der Waals surface area contributed by atoms with Gasteiger partial charge in [-0.05, 0) is 23.3 Å². The lowest BCUT2D eigenvalue weighted by Gasteiger charge is -2.27. The van der Waals surface area contributed by atoms with E-state index in [4.69, 9.17) is 0 Å². The molecule has 152 valence electrons. The summed E-state index contributed by atoms with van der Waals surface area (Å²) in [4.78, 5) is 17.7. The summed E-state index contributed by atoms with van der Waals surface area (Å²) in [5.74, 6) is -0.658. The second-order valence-corrected chi connectivity index (χ2v) is 6.92. The van der Waals surface area contributed by atoms with Crippen molar-refractivity contribution in [1.29, 1.82) is 0 Å². The third-order valence-corrected chi connectivity index (χ3v) is 4.94. The highest BCUT2D eigenvalue weighted by molar-refractivity contribution is 6.12. The minimum absolute atomic E-state index is 0.452. The molecular weight excluding hydrogens is 386 g/mol. The van der Waals surface area contributed by atoms with Gasteiger partial charge in [0.1, 0.15) is 5.71 Å². The van der Waals surface area contributed by atoms with Crippen molar-refractivity contribution in [3.8, 4) is 0 Å². The molecule has 4 rings (SSSR count). The molecule has 0 aliphatic heterocycles. The number of aromatic nitrogens is 1. The van der Waals surface area contributed by atoms with Gasteiger partial charge in [-0.1, -0.05) is 97.1 Å². The highest BCUT2D eigenvalue weighted by Gasteiger charge is 2.40. The average molecular weight is 407 g/mol. The summed E-state index contributed by atoms with van der Waals surface area (Å²) in [6.07, 6.45) is 1.67. The zero-order chi connectivity index (χ0) is 21.5. The monoisotopic (exact) mass is 407 g/mol. The van der Waals surface area contributed by atoms with Crippen molar-refractivity contribution in [1.82, 2.24) is 10.4 Å². The van der Waals surface area contributed by atoms with E-state index in [1.807, 2.05) is 60.7 Å². The van der Waals surface area contributed by atoms with Gasteiger partial charge in [0.25, 0.3) is 5.91 Å². The van der Waals surface area contributed by atoms with E-state index in [0.29, 0.717) is 22.5 Å². The number of amides is 1. The van der Waals surface area contributed by atoms with Crippen molar-refractivity contribution in [2.45, 2.75) is 5.60 Å². The SMILES string of the molecule is O=C(N/N=C(\c1ccccc1)c1ccccn1)C(O)(c1ccccc1)c1ccccc1. The van der Waals surface area contributed by atoms with Crippen molar-refractivity contribution < 1.29 is 9.90 Å². The molecule has 0 fully saturated rings. The summed E-state index contributed by atoms with van der Waals surface area (Å²) in [5, 5.41) is 16.0. The number of hydrazone groups is 1. The second kappa shape index (κ2) is 9.15. The smallest absolute Gasteiger partial charge is 0.281 e. The molecular formula is C26H21N3O2. The third kappa shape index (κ3) is 4.27. The number of nitrogens with zero attached hydrogens (tertiary/aromatic N) is 2. The number of hydrogen-bond donors (Lipinski definition) is 2. The Balaban J connectivity index is 1.75. The van der Waals surface area contributed by atoms with Gasteiger partial charge in [-0.3, -0.25) is 9.78 Å². The number of benzene rings is 3. The van der Waals surface area contributed by atoms with Crippen molar-refractivity contribution in [2.75, 3.05) is 0 Å². The summed E-state index contributed by atoms with van der Waals surface area (Å²) in [5.41, 5.74) is 3.48. The Hall–Kier alpha value is -4.09. The molecule has 2 N–H and O–H groups in total. The van der Waals surface area contributed by atoms with Crippen molar-refractivity contribution in [3.05, 3.63) is 138 Å². The van der Waals surface area contributed by atoms with Gasteiger partial charge in [0, 0.05) is 11.8 Å². The van der Waals surface area contributed by atoms with Crippen LogP contribution in [0.3, 0.4) is 0 Å². The topological polar surface area (TPSA) is 74.6 Å². The third-order valence-electron chi connectivity index (χ3n) is 4.94. The lowest BCUT2D eigenvalue weighted by Crippen LogP contribution is -2.44. The fourth-order valence-electron chi connectivity index (χ4n) is 3.34. The molecule has 0 atom stereocenters. The van der Waals surface area contributed by atoms with Crippen molar-refractivity contribution in [3.63, 3.8) is 0 Å². The van der Waals surface area contributed by atoms with Crippen molar-refractivity contribution >= 4 is 11.6 Å². The molecule has 1 amide bonds. The van der Waals surface area contributed by atoms with E-state index in [0.717, 1.165) is 5.56 Å². The quantitative estimate of drug-likeness (QED) is 0.376. The molecule has 0 aliphatic carbocycles. The molecule has 0 saturated heterocycles. The number of nitrogens with one attached hydrogen (secondary N) is 1. The van der Waals surface area contributed by atoms with Crippen LogP contribution in [0.1, 0.15) is 22.4 Å². The molecule has 4 aromatic rings. The lowest BCUT2D eigenvalue weighted by molar-refractivity contribution is -0.136. The van der Waals surface area contributed by atoms with E-state index in [9.17, 15) is 9.90 Å². The van der Waals surface area contributed by atoms with Gasteiger partial charge in [0.15, 0.2) is 5.60 Å². The first-order chi connectivity index (χ1) is 15.2. The first-order valence-electron chi connectivity index (χ1n) is 9.88. The Morgan fingerprint density at radius 1 is 0.742 bits per heavy atom. The molecule has 0 aliphatic rings. The summed E-state index contributed by atoms with van der Waals surface area (Å²) in [7, 11) is 0. The molecule has 0 unspecified atom stereocenters. The highest BCUT2D eigenvalue weighted by atomic mass is 16.3. The first-order valence-corrected chi connectivity index (χ1v) is 9.88. The number of hydrogen-bond acceptors (Lipinski definition) is 4. The van der Waals surface area contributed by atoms with Crippen LogP contribution in [0.2, 0.25) is 0 Å². The molecule has 3 aromatic carbocycles. The predicted octanol–water partition coefficient (Wildman–Crippen LogP) is 3.89. The summed E-state index contributed by atoms with van der Waals surface area (Å²) in [6.45, 7) is 0. The van der Waals surface area contributed by atoms with E-state index in [-0.39, 0.29) is 0 Å². The van der Waals surface area contributed by atoms with Crippen LogP contribution in [-0.2, 0) is 10.4 Å². The van der Waals surface area contributed by atoms with Gasteiger partial charge in [0.2, 0.25) is 0 Å². The van der Waals surface area contributed by atoms with E-state index >= 15 is 0 Å². The number of carbonyl (C=O) groups is 1. The molecule has 0 spiro atoms. The molecule has 5 nitrogen and oxygen atoms in total. The standard InChI is InChI=1S/C26H21N3O2/c30-25(26(31,21-14-6-2-7-15-21)22-16-8-3-9-17-22)29-28-24(20-12-4-1-5-13-20)23-18-10-11-19-27-23/h1-19,31H,(H,29,30)/b28-24+. The van der Waals surface area contributed by atoms with Crippen LogP contribution in [0.5, 0.6) is 0 Å². The van der Waals surface area contributed by atoms with E-state index in [2.05, 4.69) is 15.5 Å². The number of carbonyl (C=O) groups excluding carboxylic acids is 1. The minimum Gasteiger partial charge on any atom is -0.372 e. The summed E-state index contributed by atoms with van der Waals surface area (Å²) in [6, 6.07) is 32.6. The fourth-order valence-corrected chi connectivity index (χ4v) is 3.34. The van der Waals surface area contributed by atoms with Gasteiger partial charge < -0.3 is 5.11 Å². The Kier molecular flexibility index (Phi) is 5.96. The Morgan fingerprint density at radius 3 is 1.77 bits per heavy atom. The summed E-state index contributed by atoms with van der Waals surface area (Å²) < 4.78 is 0. The average Bonchev–Trinajstić information content (AvgIpc) is 2.86. The second-order valence-electron chi connectivity index (χ2n) is 6.92. The van der Waals surface area contributed by atoms with Crippen LogP contribution >= 0.6 is 0 Å². The zero-order valence-electron chi connectivity index (χ0n) is 16.7. The zero-order valence-corrected chi connectivity index (χ0v) is 16.7. The predicted molar refractivity (Wildman–Crippen MR) is 120 cm³/mol. The van der Waals surface area contributed by atoms with E-state index in [1.54, 1.807) is 54.7 Å². The van der Waals surface area contributed by atoms with E-state index in [1.165, 1.54) is 0 Å². The lowest BCUT2D eigenvalue weighted by atomic mass is 9.85. The molecule has 31 heavy (non-hydrogen) atoms. The van der Waals surface area contributed by atoms with Crippen LogP contribution in [0.15, 0.2) is 120 Å². The Morgan fingerprint density at radius 2 is 1.26 bits per heavy atom. The van der Waals surface area contributed by atoms with Crippen LogP contribution in [0.25, 0.3) is 0 Å². The Bertz CT molecular complexity index is 1080. The van der Waals surface area contributed by atoms with Crippen LogP contribution < -0.4 is 5.43 Å². The maximum absolute atomic E-state index is 13.3. The van der Waals surface area contributed by atoms with Crippen molar-refractivity contribution in [2.24, 2.45) is 5.10 Å². The van der Waals surface area contributed by atoms with Gasteiger partial charge >= 0.3 is 0 Å². The van der Waals surface area contributed by atoms with Crippen LogP contribution in [0, 0.1) is 0 Å². The maximum Gasteiger partial charge on any atom is 0.281 e. The number of pyridine rings is 1. The molecule has 1 aromatic heterocycles. The van der Waals surface area contributed by atoms with Gasteiger partial charge in [-0.15, -0.1) is 0 Å².